The van der Waals surface area contributed by atoms with E-state index in [0.717, 1.165) is 25.7 Å². The average Bonchev–Trinajstić information content (AvgIpc) is 2.88. The number of fused-ring (bicyclic) bond motifs is 1. The predicted molar refractivity (Wildman–Crippen MR) is 60.7 cm³/mol. The Bertz CT molecular complexity index is 385. The quantitative estimate of drug-likeness (QED) is 0.742. The van der Waals surface area contributed by atoms with E-state index in [1.165, 1.54) is 11.1 Å². The maximum atomic E-state index is 10.3. The summed E-state index contributed by atoms with van der Waals surface area (Å²) in [5.41, 5.74) is 2.62. The van der Waals surface area contributed by atoms with E-state index in [1.807, 2.05) is 0 Å². The summed E-state index contributed by atoms with van der Waals surface area (Å²) in [5, 5.41) is 10.3. The molecule has 0 bridgehead atoms. The van der Waals surface area contributed by atoms with Crippen molar-refractivity contribution in [3.63, 3.8) is 0 Å². The molecule has 1 nitrogen and oxygen atoms in total. The number of benzene rings is 1. The number of hydrogen-bond donors (Lipinski definition) is 1. The molecule has 1 heteroatoms. The van der Waals surface area contributed by atoms with E-state index in [1.54, 1.807) is 0 Å². The topological polar surface area (TPSA) is 20.2 Å². The molecule has 80 valence electrons. The molecule has 1 fully saturated rings. The summed E-state index contributed by atoms with van der Waals surface area (Å²) in [7, 11) is 0. The molecule has 3 rings (SSSR count). The summed E-state index contributed by atoms with van der Waals surface area (Å²) in [4.78, 5) is 0. The Balaban J connectivity index is 1.84. The number of rotatable bonds is 1. The lowest BCUT2D eigenvalue weighted by Crippen LogP contribution is -2.29. The molecule has 0 spiro atoms. The first-order valence-electron chi connectivity index (χ1n) is 5.99. The third-order valence-electron chi connectivity index (χ3n) is 4.38. The molecule has 3 unspecified atom stereocenters. The number of hydrogen-bond acceptors (Lipinski definition) is 1. The first-order valence-corrected chi connectivity index (χ1v) is 5.99. The van der Waals surface area contributed by atoms with Crippen LogP contribution >= 0.6 is 0 Å². The van der Waals surface area contributed by atoms with Gasteiger partial charge in [-0.1, -0.05) is 31.2 Å². The van der Waals surface area contributed by atoms with Gasteiger partial charge in [0.1, 0.15) is 0 Å². The summed E-state index contributed by atoms with van der Waals surface area (Å²) in [6.07, 6.45) is 4.41. The fourth-order valence-electron chi connectivity index (χ4n) is 3.13. The molecule has 0 saturated heterocycles. The van der Waals surface area contributed by atoms with Crippen LogP contribution in [-0.4, -0.2) is 10.7 Å². The van der Waals surface area contributed by atoms with E-state index in [0.29, 0.717) is 11.8 Å². The van der Waals surface area contributed by atoms with Gasteiger partial charge in [0.05, 0.1) is 5.60 Å². The molecule has 15 heavy (non-hydrogen) atoms. The maximum Gasteiger partial charge on any atom is 0.0709 e. The zero-order chi connectivity index (χ0) is 10.5. The molecule has 1 aromatic rings. The largest absolute Gasteiger partial charge is 0.389 e. The van der Waals surface area contributed by atoms with Gasteiger partial charge >= 0.3 is 0 Å². The molecule has 2 aliphatic rings. The van der Waals surface area contributed by atoms with E-state index < -0.39 is 0 Å². The monoisotopic (exact) mass is 202 g/mol. The van der Waals surface area contributed by atoms with Crippen LogP contribution in [0.2, 0.25) is 0 Å². The Morgan fingerprint density at radius 3 is 2.60 bits per heavy atom. The zero-order valence-electron chi connectivity index (χ0n) is 9.24. The van der Waals surface area contributed by atoms with Gasteiger partial charge in [-0.15, -0.1) is 0 Å². The molecule has 0 heterocycles. The smallest absolute Gasteiger partial charge is 0.0709 e. The lowest BCUT2D eigenvalue weighted by molar-refractivity contribution is 0.0601. The summed E-state index contributed by atoms with van der Waals surface area (Å²) in [6.45, 7) is 2.17. The Kier molecular flexibility index (Phi) is 1.93. The van der Waals surface area contributed by atoms with Crippen LogP contribution in [0.15, 0.2) is 24.3 Å². The van der Waals surface area contributed by atoms with Gasteiger partial charge in [-0.05, 0) is 48.6 Å². The molecular weight excluding hydrogens is 184 g/mol. The van der Waals surface area contributed by atoms with Crippen LogP contribution in [0.25, 0.3) is 0 Å². The fraction of sp³-hybridized carbons (Fsp3) is 0.571. The Morgan fingerprint density at radius 2 is 1.93 bits per heavy atom. The third kappa shape index (κ3) is 1.41. The van der Waals surface area contributed by atoms with E-state index in [9.17, 15) is 5.11 Å². The van der Waals surface area contributed by atoms with Crippen LogP contribution in [0.1, 0.15) is 30.9 Å². The van der Waals surface area contributed by atoms with E-state index in [2.05, 4.69) is 31.2 Å². The van der Waals surface area contributed by atoms with Crippen molar-refractivity contribution >= 4 is 0 Å². The standard InChI is InChI=1S/C14H18O/c1-10-9-14(10,15)13-7-6-11-4-2-3-5-12(11)8-13/h2-5,10,13,15H,6-9H2,1H3. The normalized spacial score (nSPS) is 38.5. The molecular formula is C14H18O. The van der Waals surface area contributed by atoms with E-state index in [4.69, 9.17) is 0 Å². The Hall–Kier alpha value is -0.820. The second kappa shape index (κ2) is 3.08. The second-order valence-corrected chi connectivity index (χ2v) is 5.30. The second-order valence-electron chi connectivity index (χ2n) is 5.30. The van der Waals surface area contributed by atoms with Gasteiger partial charge in [-0.3, -0.25) is 0 Å². The molecule has 1 aromatic carbocycles. The molecule has 0 aromatic heterocycles. The lowest BCUT2D eigenvalue weighted by Gasteiger charge is -2.29. The van der Waals surface area contributed by atoms with Gasteiger partial charge in [0.15, 0.2) is 0 Å². The van der Waals surface area contributed by atoms with Crippen LogP contribution in [0.5, 0.6) is 0 Å². The highest BCUT2D eigenvalue weighted by atomic mass is 16.3. The number of aliphatic hydroxyl groups is 1. The van der Waals surface area contributed by atoms with E-state index >= 15 is 0 Å². The highest BCUT2D eigenvalue weighted by Crippen LogP contribution is 2.52. The van der Waals surface area contributed by atoms with Crippen LogP contribution in [-0.2, 0) is 12.8 Å². The van der Waals surface area contributed by atoms with Gasteiger partial charge in [-0.25, -0.2) is 0 Å². The van der Waals surface area contributed by atoms with Crippen molar-refractivity contribution in [1.29, 1.82) is 0 Å². The molecule has 3 atom stereocenters. The van der Waals surface area contributed by atoms with Crippen molar-refractivity contribution in [2.24, 2.45) is 11.8 Å². The predicted octanol–water partition coefficient (Wildman–Crippen LogP) is 2.56. The van der Waals surface area contributed by atoms with Gasteiger partial charge in [0.25, 0.3) is 0 Å². The summed E-state index contributed by atoms with van der Waals surface area (Å²) < 4.78 is 0. The summed E-state index contributed by atoms with van der Waals surface area (Å²) in [5.74, 6) is 1.02. The van der Waals surface area contributed by atoms with Crippen LogP contribution < -0.4 is 0 Å². The molecule has 2 aliphatic carbocycles. The molecule has 0 aliphatic heterocycles. The highest BCUT2D eigenvalue weighted by Gasteiger charge is 2.55. The SMILES string of the molecule is CC1CC1(O)C1CCc2ccccc2C1. The first-order chi connectivity index (χ1) is 7.20. The minimum Gasteiger partial charge on any atom is -0.389 e. The average molecular weight is 202 g/mol. The number of aryl methyl sites for hydroxylation is 1. The summed E-state index contributed by atoms with van der Waals surface area (Å²) >= 11 is 0. The van der Waals surface area contributed by atoms with Crippen LogP contribution in [0, 0.1) is 11.8 Å². The van der Waals surface area contributed by atoms with Crippen molar-refractivity contribution in [2.75, 3.05) is 0 Å². The van der Waals surface area contributed by atoms with Gasteiger partial charge in [0, 0.05) is 0 Å². The lowest BCUT2D eigenvalue weighted by atomic mass is 9.79. The minimum atomic E-state index is -0.326. The van der Waals surface area contributed by atoms with E-state index in [-0.39, 0.29) is 5.60 Å². The minimum absolute atomic E-state index is 0.326. The van der Waals surface area contributed by atoms with Crippen molar-refractivity contribution < 1.29 is 5.11 Å². The van der Waals surface area contributed by atoms with Crippen molar-refractivity contribution in [1.82, 2.24) is 0 Å². The Labute approximate surface area is 91.1 Å². The van der Waals surface area contributed by atoms with Crippen molar-refractivity contribution in [3.8, 4) is 0 Å². The third-order valence-corrected chi connectivity index (χ3v) is 4.38. The maximum absolute atomic E-state index is 10.3. The summed E-state index contributed by atoms with van der Waals surface area (Å²) in [6, 6.07) is 8.68. The zero-order valence-corrected chi connectivity index (χ0v) is 9.24. The van der Waals surface area contributed by atoms with Crippen LogP contribution in [0.4, 0.5) is 0 Å². The van der Waals surface area contributed by atoms with Gasteiger partial charge in [0.2, 0.25) is 0 Å². The molecule has 0 radical (unpaired) electrons. The molecule has 1 N–H and O–H groups in total. The van der Waals surface area contributed by atoms with Crippen molar-refractivity contribution in [2.45, 2.75) is 38.2 Å². The van der Waals surface area contributed by atoms with Crippen LogP contribution in [0.3, 0.4) is 0 Å². The Morgan fingerprint density at radius 1 is 1.27 bits per heavy atom. The highest BCUT2D eigenvalue weighted by molar-refractivity contribution is 5.31. The van der Waals surface area contributed by atoms with Crippen molar-refractivity contribution in [3.05, 3.63) is 35.4 Å². The first kappa shape index (κ1) is 9.41. The molecule has 0 amide bonds. The van der Waals surface area contributed by atoms with Gasteiger partial charge < -0.3 is 5.11 Å². The van der Waals surface area contributed by atoms with Gasteiger partial charge in [-0.2, -0.15) is 0 Å². The fourth-order valence-corrected chi connectivity index (χ4v) is 3.13. The molecule has 1 saturated carbocycles.